The van der Waals surface area contributed by atoms with Gasteiger partial charge in [0, 0.05) is 5.92 Å². The first-order valence-electron chi connectivity index (χ1n) is 5.64. The van der Waals surface area contributed by atoms with Gasteiger partial charge in [-0.25, -0.2) is 4.98 Å². The van der Waals surface area contributed by atoms with Crippen LogP contribution in [0.1, 0.15) is 45.4 Å². The Hall–Kier alpha value is -1.58. The second-order valence-corrected chi connectivity index (χ2v) is 4.88. The summed E-state index contributed by atoms with van der Waals surface area (Å²) in [6, 6.07) is 0. The van der Waals surface area contributed by atoms with E-state index in [0.717, 1.165) is 0 Å². The minimum atomic E-state index is -0.466. The number of nitrogens with zero attached hydrogens (tertiary/aromatic N) is 1. The summed E-state index contributed by atoms with van der Waals surface area (Å²) in [5, 5.41) is 0. The zero-order valence-electron chi connectivity index (χ0n) is 10.6. The Kier molecular flexibility index (Phi) is 4.49. The van der Waals surface area contributed by atoms with E-state index in [1.54, 1.807) is 12.3 Å². The van der Waals surface area contributed by atoms with Crippen LogP contribution in [-0.2, 0) is 9.53 Å². The van der Waals surface area contributed by atoms with Gasteiger partial charge in [0.15, 0.2) is 5.89 Å². The quantitative estimate of drug-likeness (QED) is 0.583. The highest BCUT2D eigenvalue weighted by molar-refractivity contribution is 5.70. The third-order valence-corrected chi connectivity index (χ3v) is 2.08. The van der Waals surface area contributed by atoms with Crippen molar-refractivity contribution in [1.82, 2.24) is 4.98 Å². The second kappa shape index (κ2) is 5.66. The molecule has 1 atom stereocenters. The summed E-state index contributed by atoms with van der Waals surface area (Å²) in [4.78, 5) is 15.8. The molecule has 1 rings (SSSR count). The highest BCUT2D eigenvalue weighted by atomic mass is 16.6. The molecule has 0 bridgehead atoms. The van der Waals surface area contributed by atoms with Crippen LogP contribution in [0, 0.1) is 0 Å². The monoisotopic (exact) mass is 237 g/mol. The van der Waals surface area contributed by atoms with Crippen molar-refractivity contribution in [2.24, 2.45) is 0 Å². The summed E-state index contributed by atoms with van der Waals surface area (Å²) in [5.74, 6) is 0.204. The molecule has 4 nitrogen and oxygen atoms in total. The van der Waals surface area contributed by atoms with Crippen LogP contribution in [0.2, 0.25) is 0 Å². The van der Waals surface area contributed by atoms with Gasteiger partial charge in [0.05, 0.1) is 12.6 Å². The normalized spacial score (nSPS) is 13.1. The van der Waals surface area contributed by atoms with Crippen molar-refractivity contribution in [3.05, 3.63) is 31.0 Å². The maximum atomic E-state index is 11.7. The number of carbonyl (C=O) groups excluding carboxylic acids is 1. The Morgan fingerprint density at radius 2 is 2.35 bits per heavy atom. The molecule has 0 radical (unpaired) electrons. The first kappa shape index (κ1) is 13.5. The fourth-order valence-electron chi connectivity index (χ4n) is 1.49. The fourth-order valence-corrected chi connectivity index (χ4v) is 1.49. The van der Waals surface area contributed by atoms with Crippen molar-refractivity contribution in [2.45, 2.75) is 45.1 Å². The Bertz CT molecular complexity index is 363. The number of hydrogen-bond acceptors (Lipinski definition) is 4. The lowest BCUT2D eigenvalue weighted by molar-refractivity contribution is -0.155. The van der Waals surface area contributed by atoms with Crippen molar-refractivity contribution in [1.29, 1.82) is 0 Å². The van der Waals surface area contributed by atoms with E-state index in [1.807, 2.05) is 20.8 Å². The predicted octanol–water partition coefficient (Wildman–Crippen LogP) is 3.07. The molecule has 0 amide bonds. The van der Waals surface area contributed by atoms with E-state index >= 15 is 0 Å². The zero-order chi connectivity index (χ0) is 12.9. The first-order valence-corrected chi connectivity index (χ1v) is 5.64. The van der Waals surface area contributed by atoms with Crippen molar-refractivity contribution in [3.63, 3.8) is 0 Å². The maximum absolute atomic E-state index is 11.7. The summed E-state index contributed by atoms with van der Waals surface area (Å²) in [5.41, 5.74) is -0.466. The number of hydrogen-bond donors (Lipinski definition) is 0. The molecule has 0 spiro atoms. The maximum Gasteiger partial charge on any atom is 0.307 e. The van der Waals surface area contributed by atoms with E-state index in [1.165, 1.54) is 6.26 Å². The summed E-state index contributed by atoms with van der Waals surface area (Å²) < 4.78 is 10.5. The van der Waals surface area contributed by atoms with Gasteiger partial charge < -0.3 is 9.15 Å². The van der Waals surface area contributed by atoms with Gasteiger partial charge in [0.25, 0.3) is 0 Å². The van der Waals surface area contributed by atoms with Crippen LogP contribution in [0.15, 0.2) is 29.5 Å². The van der Waals surface area contributed by atoms with Gasteiger partial charge in [0.1, 0.15) is 11.9 Å². The number of rotatable bonds is 5. The smallest absolute Gasteiger partial charge is 0.307 e. The summed E-state index contributed by atoms with van der Waals surface area (Å²) in [6.07, 6.45) is 5.71. The van der Waals surface area contributed by atoms with Crippen LogP contribution < -0.4 is 0 Å². The number of allylic oxidation sites excluding steroid dienone is 1. The molecular weight excluding hydrogens is 218 g/mol. The molecule has 0 aliphatic carbocycles. The summed E-state index contributed by atoms with van der Waals surface area (Å²) >= 11 is 0. The molecule has 1 aromatic heterocycles. The van der Waals surface area contributed by atoms with Gasteiger partial charge in [-0.1, -0.05) is 6.08 Å². The average molecular weight is 237 g/mol. The first-order chi connectivity index (χ1) is 7.92. The van der Waals surface area contributed by atoms with Gasteiger partial charge in [0.2, 0.25) is 0 Å². The van der Waals surface area contributed by atoms with Crippen molar-refractivity contribution in [3.8, 4) is 0 Å². The average Bonchev–Trinajstić information content (AvgIpc) is 2.66. The number of oxazole rings is 1. The highest BCUT2D eigenvalue weighted by Crippen LogP contribution is 2.24. The molecule has 0 N–H and O–H groups in total. The topological polar surface area (TPSA) is 52.3 Å². The molecule has 17 heavy (non-hydrogen) atoms. The Morgan fingerprint density at radius 1 is 1.65 bits per heavy atom. The number of esters is 1. The molecule has 1 heterocycles. The molecular formula is C13H19NO3. The molecule has 0 fully saturated rings. The molecule has 0 aromatic carbocycles. The van der Waals surface area contributed by atoms with Gasteiger partial charge in [-0.3, -0.25) is 4.79 Å². The van der Waals surface area contributed by atoms with E-state index in [-0.39, 0.29) is 18.3 Å². The van der Waals surface area contributed by atoms with Gasteiger partial charge in [-0.2, -0.15) is 0 Å². The Balaban J connectivity index is 2.62. The van der Waals surface area contributed by atoms with Gasteiger partial charge in [-0.05, 0) is 27.2 Å². The van der Waals surface area contributed by atoms with Crippen LogP contribution in [-0.4, -0.2) is 16.6 Å². The van der Waals surface area contributed by atoms with Gasteiger partial charge >= 0.3 is 5.97 Å². The summed E-state index contributed by atoms with van der Waals surface area (Å²) in [7, 11) is 0. The minimum Gasteiger partial charge on any atom is -0.460 e. The molecule has 0 saturated carbocycles. The Morgan fingerprint density at radius 3 is 2.82 bits per heavy atom. The number of aromatic nitrogens is 1. The van der Waals surface area contributed by atoms with Gasteiger partial charge in [-0.15, -0.1) is 6.58 Å². The third kappa shape index (κ3) is 4.85. The van der Waals surface area contributed by atoms with E-state index in [2.05, 4.69) is 11.6 Å². The SMILES string of the molecule is C=CC[C@H](CC(=O)OC(C)(C)C)c1ncco1. The van der Waals surface area contributed by atoms with E-state index in [9.17, 15) is 4.79 Å². The molecule has 0 saturated heterocycles. The molecule has 0 aliphatic heterocycles. The standard InChI is InChI=1S/C13H19NO3/c1-5-6-10(12-14-7-8-16-12)9-11(15)17-13(2,3)4/h5,7-8,10H,1,6,9H2,2-4H3/t10-/m1/s1. The largest absolute Gasteiger partial charge is 0.460 e. The molecule has 1 aromatic rings. The minimum absolute atomic E-state index is 0.0997. The highest BCUT2D eigenvalue weighted by Gasteiger charge is 2.23. The van der Waals surface area contributed by atoms with E-state index in [0.29, 0.717) is 12.3 Å². The van der Waals surface area contributed by atoms with Crippen LogP contribution in [0.5, 0.6) is 0 Å². The number of ether oxygens (including phenoxy) is 1. The summed E-state index contributed by atoms with van der Waals surface area (Å²) in [6.45, 7) is 9.21. The van der Waals surface area contributed by atoms with E-state index in [4.69, 9.17) is 9.15 Å². The van der Waals surface area contributed by atoms with Crippen molar-refractivity contribution < 1.29 is 13.9 Å². The van der Waals surface area contributed by atoms with E-state index < -0.39 is 5.60 Å². The van der Waals surface area contributed by atoms with Crippen molar-refractivity contribution in [2.75, 3.05) is 0 Å². The molecule has 0 unspecified atom stereocenters. The molecule has 94 valence electrons. The fraction of sp³-hybridized carbons (Fsp3) is 0.538. The lowest BCUT2D eigenvalue weighted by Crippen LogP contribution is -2.25. The second-order valence-electron chi connectivity index (χ2n) is 4.88. The predicted molar refractivity (Wildman–Crippen MR) is 64.5 cm³/mol. The molecule has 0 aliphatic rings. The molecule has 4 heteroatoms. The lowest BCUT2D eigenvalue weighted by atomic mass is 10.0. The lowest BCUT2D eigenvalue weighted by Gasteiger charge is -2.20. The van der Waals surface area contributed by atoms with Crippen LogP contribution >= 0.6 is 0 Å². The van der Waals surface area contributed by atoms with Crippen LogP contribution in [0.25, 0.3) is 0 Å². The zero-order valence-corrected chi connectivity index (χ0v) is 10.6. The van der Waals surface area contributed by atoms with Crippen LogP contribution in [0.3, 0.4) is 0 Å². The van der Waals surface area contributed by atoms with Crippen molar-refractivity contribution >= 4 is 5.97 Å². The third-order valence-electron chi connectivity index (χ3n) is 2.08. The number of carbonyl (C=O) groups is 1. The van der Waals surface area contributed by atoms with Crippen LogP contribution in [0.4, 0.5) is 0 Å². The Labute approximate surface area is 102 Å².